The van der Waals surface area contributed by atoms with Gasteiger partial charge in [-0.15, -0.1) is 0 Å². The number of aliphatic carboxylic acids is 1. The van der Waals surface area contributed by atoms with Crippen molar-refractivity contribution in [2.45, 2.75) is 105 Å². The minimum Gasteiger partial charge on any atom is -0.481 e. The van der Waals surface area contributed by atoms with E-state index in [2.05, 4.69) is 26.0 Å². The predicted octanol–water partition coefficient (Wildman–Crippen LogP) is 6.18. The molecule has 1 rings (SSSR count). The van der Waals surface area contributed by atoms with E-state index < -0.39 is 11.4 Å². The molecular formula is C25H40O4. The van der Waals surface area contributed by atoms with Crippen LogP contribution in [0.3, 0.4) is 0 Å². The number of hydrogen-bond acceptors (Lipinski definition) is 3. The van der Waals surface area contributed by atoms with Gasteiger partial charge >= 0.3 is 5.97 Å². The number of benzene rings is 1. The summed E-state index contributed by atoms with van der Waals surface area (Å²) in [6.07, 6.45) is 8.92. The summed E-state index contributed by atoms with van der Waals surface area (Å²) in [7, 11) is 0. The van der Waals surface area contributed by atoms with Crippen molar-refractivity contribution in [1.82, 2.24) is 0 Å². The van der Waals surface area contributed by atoms with Crippen LogP contribution in [0, 0.1) is 19.3 Å². The van der Waals surface area contributed by atoms with Gasteiger partial charge in [0.2, 0.25) is 0 Å². The van der Waals surface area contributed by atoms with E-state index in [-0.39, 0.29) is 5.60 Å². The number of rotatable bonds is 14. The van der Waals surface area contributed by atoms with Gasteiger partial charge in [0, 0.05) is 0 Å². The van der Waals surface area contributed by atoms with Crippen molar-refractivity contribution in [3.05, 3.63) is 34.4 Å². The monoisotopic (exact) mass is 404 g/mol. The molecule has 0 bridgehead atoms. The van der Waals surface area contributed by atoms with Crippen molar-refractivity contribution in [2.75, 3.05) is 0 Å². The smallest absolute Gasteiger partial charge is 0.309 e. The zero-order chi connectivity index (χ0) is 22.1. The third-order valence-electron chi connectivity index (χ3n) is 6.09. The highest BCUT2D eigenvalue weighted by Crippen LogP contribution is 2.26. The average molecular weight is 405 g/mol. The van der Waals surface area contributed by atoms with Gasteiger partial charge in [-0.05, 0) is 109 Å². The van der Waals surface area contributed by atoms with Gasteiger partial charge in [0.1, 0.15) is 5.60 Å². The topological polar surface area (TPSA) is 63.6 Å². The highest BCUT2D eigenvalue weighted by molar-refractivity contribution is 5.73. The molecule has 0 amide bonds. The Balaban J connectivity index is 2.52. The summed E-state index contributed by atoms with van der Waals surface area (Å²) < 4.78 is 5.13. The second kappa shape index (κ2) is 11.4. The number of carbonyl (C=O) groups excluding carboxylic acids is 1. The third-order valence-corrected chi connectivity index (χ3v) is 6.09. The number of unbranched alkanes of at least 4 members (excludes halogenated alkanes) is 3. The lowest BCUT2D eigenvalue weighted by Crippen LogP contribution is -2.23. The number of carbonyl (C=O) groups is 2. The van der Waals surface area contributed by atoms with Crippen molar-refractivity contribution in [1.29, 1.82) is 0 Å². The zero-order valence-corrected chi connectivity index (χ0v) is 19.3. The molecule has 0 atom stereocenters. The molecule has 0 spiro atoms. The number of carboxylic acids is 1. The van der Waals surface area contributed by atoms with E-state index >= 15 is 0 Å². The van der Waals surface area contributed by atoms with Gasteiger partial charge in [-0.25, -0.2) is 0 Å². The third kappa shape index (κ3) is 8.59. The fraction of sp³-hybridized carbons (Fsp3) is 0.680. The molecule has 1 aromatic rings. The van der Waals surface area contributed by atoms with Gasteiger partial charge in [0.15, 0.2) is 0 Å². The van der Waals surface area contributed by atoms with Crippen LogP contribution < -0.4 is 0 Å². The molecule has 0 radical (unpaired) electrons. The lowest BCUT2D eigenvalue weighted by atomic mass is 9.86. The number of hydrogen-bond donors (Lipinski definition) is 1. The SMILES string of the molecule is Cc1ccc(CCCCCC(C)(C)C(=O)O)c(C)c1CCCCC(C)(C)OC=O. The normalized spacial score (nSPS) is 12.1. The first-order valence-electron chi connectivity index (χ1n) is 10.9. The molecule has 0 aliphatic rings. The Morgan fingerprint density at radius 1 is 0.966 bits per heavy atom. The van der Waals surface area contributed by atoms with Crippen molar-refractivity contribution >= 4 is 12.4 Å². The van der Waals surface area contributed by atoms with Crippen molar-refractivity contribution in [3.8, 4) is 0 Å². The van der Waals surface area contributed by atoms with E-state index in [0.29, 0.717) is 6.47 Å². The minimum atomic E-state index is -0.711. The van der Waals surface area contributed by atoms with Crippen molar-refractivity contribution in [2.24, 2.45) is 5.41 Å². The van der Waals surface area contributed by atoms with Crippen molar-refractivity contribution in [3.63, 3.8) is 0 Å². The van der Waals surface area contributed by atoms with Crippen molar-refractivity contribution < 1.29 is 19.4 Å². The molecule has 4 heteroatoms. The van der Waals surface area contributed by atoms with Crippen LogP contribution in [0.25, 0.3) is 0 Å². The summed E-state index contributed by atoms with van der Waals surface area (Å²) in [6.45, 7) is 12.5. The molecule has 1 N–H and O–H groups in total. The summed E-state index contributed by atoms with van der Waals surface area (Å²) in [4.78, 5) is 21.8. The van der Waals surface area contributed by atoms with Gasteiger partial charge < -0.3 is 9.84 Å². The Kier molecular flexibility index (Phi) is 9.88. The lowest BCUT2D eigenvalue weighted by Gasteiger charge is -2.22. The van der Waals surface area contributed by atoms with Gasteiger partial charge in [0.05, 0.1) is 5.41 Å². The molecule has 0 unspecified atom stereocenters. The van der Waals surface area contributed by atoms with Crippen LogP contribution in [-0.2, 0) is 27.2 Å². The van der Waals surface area contributed by atoms with Crippen LogP contribution in [0.15, 0.2) is 12.1 Å². The molecule has 0 fully saturated rings. The van der Waals surface area contributed by atoms with Gasteiger partial charge in [-0.2, -0.15) is 0 Å². The highest BCUT2D eigenvalue weighted by atomic mass is 16.5. The predicted molar refractivity (Wildman–Crippen MR) is 118 cm³/mol. The fourth-order valence-corrected chi connectivity index (χ4v) is 3.80. The van der Waals surface area contributed by atoms with Gasteiger partial charge in [-0.1, -0.05) is 25.0 Å². The number of aryl methyl sites for hydroxylation is 2. The molecule has 0 aliphatic heterocycles. The van der Waals surface area contributed by atoms with Gasteiger partial charge in [0.25, 0.3) is 6.47 Å². The minimum absolute atomic E-state index is 0.386. The lowest BCUT2D eigenvalue weighted by molar-refractivity contribution is -0.147. The molecule has 0 aliphatic carbocycles. The van der Waals surface area contributed by atoms with Crippen LogP contribution in [-0.4, -0.2) is 23.1 Å². The first kappa shape index (κ1) is 25.2. The van der Waals surface area contributed by atoms with Crippen LogP contribution in [0.2, 0.25) is 0 Å². The Labute approximate surface area is 177 Å². The first-order valence-corrected chi connectivity index (χ1v) is 10.9. The molecule has 0 saturated heterocycles. The maximum Gasteiger partial charge on any atom is 0.309 e. The standard InChI is InChI=1S/C25H40O4/c1-19-14-15-21(12-8-7-10-16-24(3,4)23(27)28)20(2)22(19)13-9-11-17-25(5,6)29-18-26/h14-15,18H,7-13,16-17H2,1-6H3,(H,27,28). The van der Waals surface area contributed by atoms with E-state index in [0.717, 1.165) is 57.8 Å². The molecule has 0 saturated carbocycles. The molecule has 0 aromatic heterocycles. The van der Waals surface area contributed by atoms with Gasteiger partial charge in [-0.3, -0.25) is 9.59 Å². The van der Waals surface area contributed by atoms with E-state index in [1.807, 2.05) is 13.8 Å². The summed E-state index contributed by atoms with van der Waals surface area (Å²) in [5.41, 5.74) is 4.59. The molecule has 0 heterocycles. The summed E-state index contributed by atoms with van der Waals surface area (Å²) >= 11 is 0. The largest absolute Gasteiger partial charge is 0.481 e. The first-order chi connectivity index (χ1) is 13.5. The number of ether oxygens (including phenoxy) is 1. The Hall–Kier alpha value is -1.84. The van der Waals surface area contributed by atoms with E-state index in [9.17, 15) is 14.7 Å². The second-order valence-electron chi connectivity index (χ2n) is 9.58. The van der Waals surface area contributed by atoms with Crippen LogP contribution in [0.4, 0.5) is 0 Å². The zero-order valence-electron chi connectivity index (χ0n) is 19.3. The highest BCUT2D eigenvalue weighted by Gasteiger charge is 2.26. The molecule has 1 aromatic carbocycles. The van der Waals surface area contributed by atoms with Crippen LogP contribution >= 0.6 is 0 Å². The second-order valence-corrected chi connectivity index (χ2v) is 9.58. The van der Waals surface area contributed by atoms with Crippen LogP contribution in [0.5, 0.6) is 0 Å². The summed E-state index contributed by atoms with van der Waals surface area (Å²) in [5, 5.41) is 9.21. The summed E-state index contributed by atoms with van der Waals surface area (Å²) in [6, 6.07) is 4.47. The molecule has 164 valence electrons. The Morgan fingerprint density at radius 2 is 1.59 bits per heavy atom. The quantitative estimate of drug-likeness (QED) is 0.297. The molecule has 4 nitrogen and oxygen atoms in total. The average Bonchev–Trinajstić information content (AvgIpc) is 2.62. The maximum absolute atomic E-state index is 11.2. The molecular weight excluding hydrogens is 364 g/mol. The Morgan fingerprint density at radius 3 is 2.21 bits per heavy atom. The molecule has 29 heavy (non-hydrogen) atoms. The fourth-order valence-electron chi connectivity index (χ4n) is 3.80. The maximum atomic E-state index is 11.2. The van der Waals surface area contributed by atoms with E-state index in [1.165, 1.54) is 22.3 Å². The Bertz CT molecular complexity index is 674. The van der Waals surface area contributed by atoms with E-state index in [1.54, 1.807) is 13.8 Å². The van der Waals surface area contributed by atoms with E-state index in [4.69, 9.17) is 4.74 Å². The van der Waals surface area contributed by atoms with Crippen LogP contribution in [0.1, 0.15) is 94.9 Å². The number of carboxylic acid groups (broad SMARTS) is 1. The summed E-state index contributed by atoms with van der Waals surface area (Å²) in [5.74, 6) is -0.711.